The highest BCUT2D eigenvalue weighted by Crippen LogP contribution is 2.42. The van der Waals surface area contributed by atoms with Crippen LogP contribution in [0.3, 0.4) is 0 Å². The van der Waals surface area contributed by atoms with Crippen molar-refractivity contribution in [2.45, 2.75) is 31.5 Å². The molecule has 0 bridgehead atoms. The Hall–Kier alpha value is -2.31. The SMILES string of the molecule is CCCC(/C=C(/c1ccc(OC)cc1)C(F)(F)F)(c1ccccc1)N(C)OC. The van der Waals surface area contributed by atoms with E-state index in [0.29, 0.717) is 18.6 Å². The largest absolute Gasteiger partial charge is 0.497 e. The summed E-state index contributed by atoms with van der Waals surface area (Å²) in [5, 5.41) is 1.49. The Balaban J connectivity index is 2.74. The number of benzene rings is 2. The maximum absolute atomic E-state index is 14.1. The van der Waals surface area contributed by atoms with E-state index < -0.39 is 17.3 Å². The van der Waals surface area contributed by atoms with Crippen molar-refractivity contribution >= 4 is 5.57 Å². The Bertz CT molecular complexity index is 773. The van der Waals surface area contributed by atoms with Crippen molar-refractivity contribution in [2.24, 2.45) is 0 Å². The van der Waals surface area contributed by atoms with Gasteiger partial charge in [-0.25, -0.2) is 0 Å². The predicted octanol–water partition coefficient (Wildman–Crippen LogP) is 5.83. The van der Waals surface area contributed by atoms with E-state index >= 15 is 0 Å². The lowest BCUT2D eigenvalue weighted by Gasteiger charge is -2.39. The van der Waals surface area contributed by atoms with Crippen LogP contribution in [-0.4, -0.2) is 32.5 Å². The number of hydrogen-bond acceptors (Lipinski definition) is 3. The van der Waals surface area contributed by atoms with E-state index in [-0.39, 0.29) is 5.56 Å². The molecule has 0 aromatic heterocycles. The molecule has 0 saturated carbocycles. The van der Waals surface area contributed by atoms with E-state index in [2.05, 4.69) is 0 Å². The average molecular weight is 393 g/mol. The second kappa shape index (κ2) is 9.26. The van der Waals surface area contributed by atoms with E-state index in [9.17, 15) is 13.2 Å². The summed E-state index contributed by atoms with van der Waals surface area (Å²) in [7, 11) is 4.59. The van der Waals surface area contributed by atoms with Gasteiger partial charge in [0.05, 0.1) is 25.3 Å². The Morgan fingerprint density at radius 1 is 1.00 bits per heavy atom. The van der Waals surface area contributed by atoms with Gasteiger partial charge in [-0.3, -0.25) is 0 Å². The summed E-state index contributed by atoms with van der Waals surface area (Å²) in [6, 6.07) is 15.0. The van der Waals surface area contributed by atoms with Gasteiger partial charge in [0.15, 0.2) is 0 Å². The number of ether oxygens (including phenoxy) is 1. The summed E-state index contributed by atoms with van der Waals surface area (Å²) in [5.74, 6) is 0.502. The summed E-state index contributed by atoms with van der Waals surface area (Å²) in [6.45, 7) is 1.94. The molecule has 0 fully saturated rings. The quantitative estimate of drug-likeness (QED) is 0.527. The van der Waals surface area contributed by atoms with E-state index in [4.69, 9.17) is 9.57 Å². The van der Waals surface area contributed by atoms with Gasteiger partial charge in [-0.15, -0.1) is 0 Å². The van der Waals surface area contributed by atoms with Gasteiger partial charge in [0.1, 0.15) is 5.75 Å². The number of hydrogen-bond donors (Lipinski definition) is 0. The van der Waals surface area contributed by atoms with Gasteiger partial charge < -0.3 is 9.57 Å². The Morgan fingerprint density at radius 2 is 1.61 bits per heavy atom. The lowest BCUT2D eigenvalue weighted by molar-refractivity contribution is -0.174. The zero-order chi connectivity index (χ0) is 20.8. The first kappa shape index (κ1) is 22.0. The van der Waals surface area contributed by atoms with Crippen LogP contribution in [0.2, 0.25) is 0 Å². The van der Waals surface area contributed by atoms with Crippen molar-refractivity contribution in [3.05, 3.63) is 71.8 Å². The van der Waals surface area contributed by atoms with Crippen LogP contribution < -0.4 is 4.74 Å². The maximum Gasteiger partial charge on any atom is 0.416 e. The monoisotopic (exact) mass is 393 g/mol. The third-order valence-electron chi connectivity index (χ3n) is 4.83. The van der Waals surface area contributed by atoms with Crippen molar-refractivity contribution in [1.29, 1.82) is 0 Å². The smallest absolute Gasteiger partial charge is 0.416 e. The van der Waals surface area contributed by atoms with Crippen molar-refractivity contribution in [3.63, 3.8) is 0 Å². The number of allylic oxidation sites excluding steroid dienone is 1. The van der Waals surface area contributed by atoms with E-state index in [1.165, 1.54) is 49.6 Å². The minimum Gasteiger partial charge on any atom is -0.497 e. The summed E-state index contributed by atoms with van der Waals surface area (Å²) in [5.41, 5.74) is -0.975. The summed E-state index contributed by atoms with van der Waals surface area (Å²) < 4.78 is 47.3. The van der Waals surface area contributed by atoms with Crippen LogP contribution in [0, 0.1) is 0 Å². The first-order chi connectivity index (χ1) is 13.3. The lowest BCUT2D eigenvalue weighted by atomic mass is 9.82. The number of methoxy groups -OCH3 is 1. The van der Waals surface area contributed by atoms with Crippen LogP contribution in [0.15, 0.2) is 60.7 Å². The minimum atomic E-state index is -4.53. The minimum absolute atomic E-state index is 0.0780. The Labute approximate surface area is 164 Å². The number of halogens is 3. The van der Waals surface area contributed by atoms with Gasteiger partial charge in [-0.05, 0) is 35.8 Å². The topological polar surface area (TPSA) is 21.7 Å². The fourth-order valence-corrected chi connectivity index (χ4v) is 3.34. The second-order valence-electron chi connectivity index (χ2n) is 6.50. The molecule has 152 valence electrons. The van der Waals surface area contributed by atoms with Crippen LogP contribution in [-0.2, 0) is 10.4 Å². The molecule has 0 N–H and O–H groups in total. The van der Waals surface area contributed by atoms with Crippen molar-refractivity contribution in [3.8, 4) is 5.75 Å². The van der Waals surface area contributed by atoms with E-state index in [0.717, 1.165) is 5.56 Å². The number of nitrogens with zero attached hydrogens (tertiary/aromatic N) is 1. The summed E-state index contributed by atoms with van der Waals surface area (Å²) >= 11 is 0. The van der Waals surface area contributed by atoms with E-state index in [1.807, 2.05) is 37.3 Å². The van der Waals surface area contributed by atoms with Crippen molar-refractivity contribution < 1.29 is 22.7 Å². The molecule has 1 atom stereocenters. The van der Waals surface area contributed by atoms with Gasteiger partial charge in [-0.2, -0.15) is 18.2 Å². The molecule has 0 amide bonds. The molecule has 1 unspecified atom stereocenters. The summed E-state index contributed by atoms with van der Waals surface area (Å²) in [4.78, 5) is 5.41. The molecule has 0 radical (unpaired) electrons. The second-order valence-corrected chi connectivity index (χ2v) is 6.50. The van der Waals surface area contributed by atoms with Crippen LogP contribution in [0.1, 0.15) is 30.9 Å². The standard InChI is InChI=1S/C22H26F3NO2/c1-5-15-21(26(2)28-4,18-9-7-6-8-10-18)16-20(22(23,24)25)17-11-13-19(27-3)14-12-17/h6-14,16H,5,15H2,1-4H3/b20-16-. The molecule has 0 spiro atoms. The molecule has 0 heterocycles. The zero-order valence-electron chi connectivity index (χ0n) is 16.6. The molecule has 28 heavy (non-hydrogen) atoms. The fraction of sp³-hybridized carbons (Fsp3) is 0.364. The fourth-order valence-electron chi connectivity index (χ4n) is 3.34. The third-order valence-corrected chi connectivity index (χ3v) is 4.83. The highest BCUT2D eigenvalue weighted by Gasteiger charge is 2.41. The predicted molar refractivity (Wildman–Crippen MR) is 105 cm³/mol. The lowest BCUT2D eigenvalue weighted by Crippen LogP contribution is -2.42. The van der Waals surface area contributed by atoms with Gasteiger partial charge in [0, 0.05) is 7.05 Å². The molecular weight excluding hydrogens is 367 g/mol. The molecule has 2 rings (SSSR count). The van der Waals surface area contributed by atoms with E-state index in [1.54, 1.807) is 7.05 Å². The first-order valence-electron chi connectivity index (χ1n) is 9.06. The van der Waals surface area contributed by atoms with Crippen molar-refractivity contribution in [1.82, 2.24) is 5.06 Å². The molecule has 6 heteroatoms. The molecular formula is C22H26F3NO2. The first-order valence-corrected chi connectivity index (χ1v) is 9.06. The molecule has 0 aliphatic heterocycles. The molecule has 3 nitrogen and oxygen atoms in total. The molecule has 2 aromatic carbocycles. The number of hydroxylamine groups is 2. The molecule has 0 aliphatic carbocycles. The normalized spacial score (nSPS) is 14.8. The van der Waals surface area contributed by atoms with Crippen LogP contribution in [0.25, 0.3) is 5.57 Å². The number of likely N-dealkylation sites (N-methyl/N-ethyl adjacent to an activating group) is 1. The Morgan fingerprint density at radius 3 is 2.07 bits per heavy atom. The van der Waals surface area contributed by atoms with Gasteiger partial charge in [0.25, 0.3) is 0 Å². The van der Waals surface area contributed by atoms with Gasteiger partial charge in [-0.1, -0.05) is 55.8 Å². The number of rotatable bonds is 8. The number of alkyl halides is 3. The van der Waals surface area contributed by atoms with Crippen LogP contribution in [0.5, 0.6) is 5.75 Å². The van der Waals surface area contributed by atoms with Crippen molar-refractivity contribution in [2.75, 3.05) is 21.3 Å². The molecule has 0 saturated heterocycles. The molecule has 2 aromatic rings. The highest BCUT2D eigenvalue weighted by atomic mass is 19.4. The zero-order valence-corrected chi connectivity index (χ0v) is 16.6. The highest BCUT2D eigenvalue weighted by molar-refractivity contribution is 5.71. The summed E-state index contributed by atoms with van der Waals surface area (Å²) in [6.07, 6.45) is -2.13. The van der Waals surface area contributed by atoms with Crippen LogP contribution in [0.4, 0.5) is 13.2 Å². The average Bonchev–Trinajstić information content (AvgIpc) is 2.70. The van der Waals surface area contributed by atoms with Gasteiger partial charge >= 0.3 is 6.18 Å². The van der Waals surface area contributed by atoms with Crippen LogP contribution >= 0.6 is 0 Å². The van der Waals surface area contributed by atoms with Gasteiger partial charge in [0.2, 0.25) is 0 Å². The maximum atomic E-state index is 14.1. The third kappa shape index (κ3) is 4.75. The molecule has 0 aliphatic rings. The Kier molecular flexibility index (Phi) is 7.27.